The summed E-state index contributed by atoms with van der Waals surface area (Å²) < 4.78 is 41.7. The molecule has 0 saturated heterocycles. The zero-order valence-electron chi connectivity index (χ0n) is 20.1. The second-order valence-electron chi connectivity index (χ2n) is 6.59. The van der Waals surface area contributed by atoms with Gasteiger partial charge in [-0.2, -0.15) is 0 Å². The first-order chi connectivity index (χ1) is 17.1. The van der Waals surface area contributed by atoms with Crippen LogP contribution in [0, 0.1) is 0 Å². The molecule has 35 heavy (non-hydrogen) atoms. The summed E-state index contributed by atoms with van der Waals surface area (Å²) in [6.07, 6.45) is 0. The molecule has 1 rings (SSSR count). The van der Waals surface area contributed by atoms with Gasteiger partial charge in [-0.25, -0.2) is 9.59 Å². The Balaban J connectivity index is 2.01. The van der Waals surface area contributed by atoms with Gasteiger partial charge in [-0.3, -0.25) is 0 Å². The largest absolute Gasteiger partial charge is 0.491 e. The molecule has 0 heterocycles. The second-order valence-corrected chi connectivity index (χ2v) is 6.59. The van der Waals surface area contributed by atoms with E-state index in [9.17, 15) is 9.59 Å². The van der Waals surface area contributed by atoms with Gasteiger partial charge in [-0.15, -0.1) is 0 Å². The van der Waals surface area contributed by atoms with E-state index in [1.807, 2.05) is 0 Å². The number of carbonyl (C=O) groups is 2. The van der Waals surface area contributed by atoms with E-state index in [0.717, 1.165) is 0 Å². The van der Waals surface area contributed by atoms with Crippen molar-refractivity contribution in [2.24, 2.45) is 5.11 Å². The fraction of sp³-hybridized carbons (Fsp3) is 0.636. The van der Waals surface area contributed by atoms with Crippen molar-refractivity contribution in [1.29, 1.82) is 0 Å². The van der Waals surface area contributed by atoms with Crippen LogP contribution in [0.2, 0.25) is 0 Å². The fourth-order valence-electron chi connectivity index (χ4n) is 2.50. The molecule has 196 valence electrons. The minimum Gasteiger partial charge on any atom is -0.491 e. The Labute approximate surface area is 204 Å². The number of hydrogen-bond acceptors (Lipinski definition) is 11. The zero-order valence-corrected chi connectivity index (χ0v) is 20.1. The van der Waals surface area contributed by atoms with E-state index in [4.69, 9.17) is 34.0 Å². The molecule has 0 spiro atoms. The molecule has 0 fully saturated rings. The first kappa shape index (κ1) is 30.1. The summed E-state index contributed by atoms with van der Waals surface area (Å²) in [5.41, 5.74) is 8.48. The average molecular weight is 500 g/mol. The molecule has 0 atom stereocenters. The van der Waals surface area contributed by atoms with Gasteiger partial charge in [0.2, 0.25) is 0 Å². The molecule has 0 amide bonds. The number of carbonyl (C=O) groups excluding carboxylic acids is 2. The predicted octanol–water partition coefficient (Wildman–Crippen LogP) is 2.03. The Bertz CT molecular complexity index is 752. The van der Waals surface area contributed by atoms with Crippen molar-refractivity contribution in [3.63, 3.8) is 0 Å². The van der Waals surface area contributed by atoms with Crippen LogP contribution in [0.5, 0.6) is 5.75 Å². The minimum atomic E-state index is -0.588. The number of methoxy groups -OCH3 is 2. The summed E-state index contributed by atoms with van der Waals surface area (Å²) in [5.74, 6) is -0.849. The van der Waals surface area contributed by atoms with E-state index < -0.39 is 11.9 Å². The predicted molar refractivity (Wildman–Crippen MR) is 123 cm³/mol. The SMILES string of the molecule is COC(=O)c1cc(OCCOCCOCCOCCOCCOCCN=[N+]=[N-])cc(C(=O)OC)c1. The lowest BCUT2D eigenvalue weighted by Crippen LogP contribution is -2.14. The van der Waals surface area contributed by atoms with Gasteiger partial charge in [0.1, 0.15) is 12.4 Å². The lowest BCUT2D eigenvalue weighted by Gasteiger charge is -2.10. The van der Waals surface area contributed by atoms with Gasteiger partial charge < -0.3 is 37.9 Å². The van der Waals surface area contributed by atoms with Crippen LogP contribution < -0.4 is 4.74 Å². The van der Waals surface area contributed by atoms with Gasteiger partial charge >= 0.3 is 11.9 Å². The normalized spacial score (nSPS) is 10.5. The molecule has 0 N–H and O–H groups in total. The number of benzene rings is 1. The van der Waals surface area contributed by atoms with E-state index in [0.29, 0.717) is 78.4 Å². The maximum absolute atomic E-state index is 11.8. The van der Waals surface area contributed by atoms with E-state index in [1.165, 1.54) is 32.4 Å². The highest BCUT2D eigenvalue weighted by Gasteiger charge is 2.14. The Morgan fingerprint density at radius 3 is 1.49 bits per heavy atom. The topological polar surface area (TPSA) is 157 Å². The first-order valence-corrected chi connectivity index (χ1v) is 11.0. The number of esters is 2. The summed E-state index contributed by atoms with van der Waals surface area (Å²) in [6.45, 7) is 4.62. The van der Waals surface area contributed by atoms with Crippen LogP contribution in [0.1, 0.15) is 20.7 Å². The van der Waals surface area contributed by atoms with Crippen molar-refractivity contribution in [2.75, 3.05) is 93.4 Å². The van der Waals surface area contributed by atoms with Crippen molar-refractivity contribution in [3.05, 3.63) is 39.8 Å². The Hall–Kier alpha value is -2.93. The van der Waals surface area contributed by atoms with E-state index in [2.05, 4.69) is 19.5 Å². The van der Waals surface area contributed by atoms with Gasteiger partial charge in [-0.1, -0.05) is 5.11 Å². The van der Waals surface area contributed by atoms with Gasteiger partial charge in [-0.05, 0) is 23.7 Å². The monoisotopic (exact) mass is 499 g/mol. The van der Waals surface area contributed by atoms with Crippen molar-refractivity contribution in [2.45, 2.75) is 0 Å². The van der Waals surface area contributed by atoms with Crippen LogP contribution in [0.3, 0.4) is 0 Å². The molecule has 13 heteroatoms. The number of ether oxygens (including phenoxy) is 8. The average Bonchev–Trinajstić information content (AvgIpc) is 2.88. The molecule has 0 aliphatic rings. The van der Waals surface area contributed by atoms with Crippen LogP contribution in [-0.4, -0.2) is 105 Å². The van der Waals surface area contributed by atoms with Crippen LogP contribution in [0.4, 0.5) is 0 Å². The Kier molecular flexibility index (Phi) is 17.6. The van der Waals surface area contributed by atoms with Crippen LogP contribution in [0.25, 0.3) is 10.4 Å². The van der Waals surface area contributed by atoms with E-state index in [1.54, 1.807) is 0 Å². The molecule has 1 aromatic carbocycles. The molecular weight excluding hydrogens is 466 g/mol. The van der Waals surface area contributed by atoms with Crippen molar-refractivity contribution < 1.29 is 47.5 Å². The van der Waals surface area contributed by atoms with Crippen LogP contribution in [0.15, 0.2) is 23.3 Å². The third-order valence-corrected chi connectivity index (χ3v) is 4.13. The lowest BCUT2D eigenvalue weighted by molar-refractivity contribution is -0.0122. The fourth-order valence-corrected chi connectivity index (χ4v) is 2.50. The highest BCUT2D eigenvalue weighted by Crippen LogP contribution is 2.19. The molecule has 0 radical (unpaired) electrons. The minimum absolute atomic E-state index is 0.182. The van der Waals surface area contributed by atoms with Crippen LogP contribution >= 0.6 is 0 Å². The standard InChI is InChI=1S/C22H33N3O10/c1-28-21(26)18-15-19(22(27)29-2)17-20(16-18)35-14-13-34-12-11-33-10-9-32-8-7-31-6-5-30-4-3-24-25-23/h15-17H,3-14H2,1-2H3. The van der Waals surface area contributed by atoms with Gasteiger partial charge in [0.15, 0.2) is 0 Å². The smallest absolute Gasteiger partial charge is 0.338 e. The summed E-state index contributed by atoms with van der Waals surface area (Å²) in [7, 11) is 2.50. The molecule has 0 bridgehead atoms. The van der Waals surface area contributed by atoms with Gasteiger partial charge in [0, 0.05) is 11.5 Å². The molecule has 0 aliphatic heterocycles. The maximum atomic E-state index is 11.8. The molecule has 0 aliphatic carbocycles. The molecule has 0 aromatic heterocycles. The Morgan fingerprint density at radius 1 is 0.686 bits per heavy atom. The molecule has 0 unspecified atom stereocenters. The van der Waals surface area contributed by atoms with Crippen molar-refractivity contribution in [3.8, 4) is 5.75 Å². The molecule has 0 saturated carbocycles. The Morgan fingerprint density at radius 2 is 1.09 bits per heavy atom. The number of rotatable bonds is 21. The van der Waals surface area contributed by atoms with E-state index in [-0.39, 0.29) is 17.7 Å². The zero-order chi connectivity index (χ0) is 25.6. The third kappa shape index (κ3) is 14.8. The molecule has 13 nitrogen and oxygen atoms in total. The number of nitrogens with zero attached hydrogens (tertiary/aromatic N) is 3. The van der Waals surface area contributed by atoms with Gasteiger partial charge in [0.25, 0.3) is 0 Å². The third-order valence-electron chi connectivity index (χ3n) is 4.13. The number of azide groups is 1. The highest BCUT2D eigenvalue weighted by molar-refractivity contribution is 5.96. The lowest BCUT2D eigenvalue weighted by atomic mass is 10.1. The quantitative estimate of drug-likeness (QED) is 0.0806. The summed E-state index contributed by atoms with van der Waals surface area (Å²) >= 11 is 0. The number of hydrogen-bond donors (Lipinski definition) is 0. The van der Waals surface area contributed by atoms with Crippen molar-refractivity contribution >= 4 is 11.9 Å². The maximum Gasteiger partial charge on any atom is 0.338 e. The first-order valence-electron chi connectivity index (χ1n) is 11.0. The van der Waals surface area contributed by atoms with E-state index >= 15 is 0 Å². The van der Waals surface area contributed by atoms with Crippen molar-refractivity contribution in [1.82, 2.24) is 0 Å². The highest BCUT2D eigenvalue weighted by atomic mass is 16.6. The second kappa shape index (κ2) is 20.4. The molecule has 1 aromatic rings. The summed E-state index contributed by atoms with van der Waals surface area (Å²) in [6, 6.07) is 4.34. The summed E-state index contributed by atoms with van der Waals surface area (Å²) in [5, 5.41) is 3.35. The van der Waals surface area contributed by atoms with Gasteiger partial charge in [0.05, 0.1) is 91.4 Å². The van der Waals surface area contributed by atoms with Crippen LogP contribution in [-0.2, 0) is 33.2 Å². The summed E-state index contributed by atoms with van der Waals surface area (Å²) in [4.78, 5) is 26.2. The molecular formula is C22H33N3O10.